The summed E-state index contributed by atoms with van der Waals surface area (Å²) < 4.78 is 5.14. The smallest absolute Gasteiger partial charge is 0.338 e. The van der Waals surface area contributed by atoms with Gasteiger partial charge < -0.3 is 9.64 Å². The van der Waals surface area contributed by atoms with E-state index in [4.69, 9.17) is 4.74 Å². The Hall–Kier alpha value is -1.88. The number of esters is 1. The average molecular weight is 356 g/mol. The Bertz CT molecular complexity index is 696. The normalized spacial score (nSPS) is 25.8. The van der Waals surface area contributed by atoms with E-state index in [1.165, 1.54) is 45.2 Å². The number of hydrogen-bond donors (Lipinski definition) is 0. The standard InChI is InChI=1S/C21H28N2O3/c1-22(18-9-2-3-10-19(18)23-11-4-5-12-23)20(24)13-15-7-6-8-16-17(15)14-26-21(16)25/h6-8,18-19H,2-5,9-14H2,1H3/t18-,19-/m1/s1. The number of likely N-dealkylation sites (N-methyl/N-ethyl adjacent to an activating group) is 1. The van der Waals surface area contributed by atoms with Gasteiger partial charge in [0.05, 0.1) is 12.0 Å². The number of carbonyl (C=O) groups excluding carboxylic acids is 2. The molecule has 1 aromatic rings. The van der Waals surface area contributed by atoms with Crippen molar-refractivity contribution in [1.29, 1.82) is 0 Å². The molecule has 140 valence electrons. The molecule has 0 radical (unpaired) electrons. The zero-order valence-corrected chi connectivity index (χ0v) is 15.6. The van der Waals surface area contributed by atoms with E-state index >= 15 is 0 Å². The van der Waals surface area contributed by atoms with E-state index in [-0.39, 0.29) is 11.9 Å². The Balaban J connectivity index is 1.48. The minimum Gasteiger partial charge on any atom is -0.457 e. The first-order valence-electron chi connectivity index (χ1n) is 9.93. The van der Waals surface area contributed by atoms with Gasteiger partial charge in [0.15, 0.2) is 0 Å². The number of hydrogen-bond acceptors (Lipinski definition) is 4. The minimum absolute atomic E-state index is 0.147. The van der Waals surface area contributed by atoms with Crippen LogP contribution in [0.15, 0.2) is 18.2 Å². The lowest BCUT2D eigenvalue weighted by Crippen LogP contribution is -2.53. The summed E-state index contributed by atoms with van der Waals surface area (Å²) >= 11 is 0. The molecule has 0 unspecified atom stereocenters. The van der Waals surface area contributed by atoms with Crippen LogP contribution in [0.5, 0.6) is 0 Å². The summed E-state index contributed by atoms with van der Waals surface area (Å²) in [7, 11) is 1.96. The maximum atomic E-state index is 13.0. The first kappa shape index (κ1) is 17.5. The SMILES string of the molecule is CN(C(=O)Cc1cccc2c1COC2=O)[C@@H]1CCCC[C@H]1N1CCCC1. The third-order valence-corrected chi connectivity index (χ3v) is 6.38. The molecule has 4 rings (SSSR count). The molecule has 1 amide bonds. The third kappa shape index (κ3) is 3.25. The van der Waals surface area contributed by atoms with Crippen molar-refractivity contribution in [2.75, 3.05) is 20.1 Å². The molecule has 2 fully saturated rings. The van der Waals surface area contributed by atoms with Crippen molar-refractivity contribution >= 4 is 11.9 Å². The molecule has 5 nitrogen and oxygen atoms in total. The zero-order chi connectivity index (χ0) is 18.1. The van der Waals surface area contributed by atoms with Crippen LogP contribution in [0.1, 0.15) is 60.0 Å². The van der Waals surface area contributed by atoms with Crippen molar-refractivity contribution in [3.05, 3.63) is 34.9 Å². The lowest BCUT2D eigenvalue weighted by molar-refractivity contribution is -0.133. The summed E-state index contributed by atoms with van der Waals surface area (Å²) in [6, 6.07) is 6.40. The molecule has 0 spiro atoms. The van der Waals surface area contributed by atoms with E-state index in [1.54, 1.807) is 6.07 Å². The number of rotatable bonds is 4. The molecule has 3 aliphatic rings. The molecule has 0 aromatic heterocycles. The van der Waals surface area contributed by atoms with E-state index in [2.05, 4.69) is 4.90 Å². The van der Waals surface area contributed by atoms with Crippen LogP contribution in [0.4, 0.5) is 0 Å². The Morgan fingerprint density at radius 3 is 2.77 bits per heavy atom. The van der Waals surface area contributed by atoms with E-state index < -0.39 is 0 Å². The number of benzene rings is 1. The molecular weight excluding hydrogens is 328 g/mol. The van der Waals surface area contributed by atoms with E-state index in [0.29, 0.717) is 30.7 Å². The number of fused-ring (bicyclic) bond motifs is 1. The van der Waals surface area contributed by atoms with Gasteiger partial charge in [-0.05, 0) is 50.4 Å². The maximum Gasteiger partial charge on any atom is 0.338 e. The van der Waals surface area contributed by atoms with Crippen LogP contribution >= 0.6 is 0 Å². The molecule has 2 atom stereocenters. The van der Waals surface area contributed by atoms with Crippen LogP contribution in [0.25, 0.3) is 0 Å². The predicted molar refractivity (Wildman–Crippen MR) is 98.9 cm³/mol. The van der Waals surface area contributed by atoms with Gasteiger partial charge in [-0.25, -0.2) is 4.79 Å². The monoisotopic (exact) mass is 356 g/mol. The van der Waals surface area contributed by atoms with Gasteiger partial charge in [0, 0.05) is 24.7 Å². The topological polar surface area (TPSA) is 49.9 Å². The fourth-order valence-electron chi connectivity index (χ4n) is 4.89. The number of amides is 1. The van der Waals surface area contributed by atoms with Gasteiger partial charge in [-0.3, -0.25) is 9.69 Å². The second-order valence-corrected chi connectivity index (χ2v) is 7.86. The molecule has 1 aromatic carbocycles. The van der Waals surface area contributed by atoms with Gasteiger partial charge in [-0.1, -0.05) is 25.0 Å². The fraction of sp³-hybridized carbons (Fsp3) is 0.619. The number of carbonyl (C=O) groups is 2. The highest BCUT2D eigenvalue weighted by Crippen LogP contribution is 2.30. The highest BCUT2D eigenvalue weighted by Gasteiger charge is 2.35. The second kappa shape index (κ2) is 7.39. The minimum atomic E-state index is -0.274. The molecule has 1 aliphatic carbocycles. The van der Waals surface area contributed by atoms with Gasteiger partial charge in [-0.15, -0.1) is 0 Å². The quantitative estimate of drug-likeness (QED) is 0.779. The highest BCUT2D eigenvalue weighted by atomic mass is 16.5. The Morgan fingerprint density at radius 1 is 1.19 bits per heavy atom. The van der Waals surface area contributed by atoms with Crippen LogP contribution < -0.4 is 0 Å². The molecule has 1 saturated heterocycles. The summed E-state index contributed by atoms with van der Waals surface area (Å²) in [6.45, 7) is 2.64. The van der Waals surface area contributed by atoms with Crippen molar-refractivity contribution in [3.8, 4) is 0 Å². The van der Waals surface area contributed by atoms with Crippen molar-refractivity contribution in [1.82, 2.24) is 9.80 Å². The molecule has 2 heterocycles. The van der Waals surface area contributed by atoms with Crippen molar-refractivity contribution in [2.45, 2.75) is 63.6 Å². The molecular formula is C21H28N2O3. The van der Waals surface area contributed by atoms with Gasteiger partial charge in [-0.2, -0.15) is 0 Å². The highest BCUT2D eigenvalue weighted by molar-refractivity contribution is 5.94. The first-order valence-corrected chi connectivity index (χ1v) is 9.93. The number of nitrogens with zero attached hydrogens (tertiary/aromatic N) is 2. The molecule has 5 heteroatoms. The zero-order valence-electron chi connectivity index (χ0n) is 15.6. The van der Waals surface area contributed by atoms with Crippen molar-refractivity contribution < 1.29 is 14.3 Å². The second-order valence-electron chi connectivity index (χ2n) is 7.86. The lowest BCUT2D eigenvalue weighted by atomic mass is 9.88. The molecule has 1 saturated carbocycles. The van der Waals surface area contributed by atoms with Gasteiger partial charge >= 0.3 is 5.97 Å². The van der Waals surface area contributed by atoms with Crippen LogP contribution in [-0.2, 0) is 22.6 Å². The van der Waals surface area contributed by atoms with Crippen LogP contribution in [0.3, 0.4) is 0 Å². The molecule has 0 N–H and O–H groups in total. The van der Waals surface area contributed by atoms with Crippen LogP contribution in [0, 0.1) is 0 Å². The summed E-state index contributed by atoms with van der Waals surface area (Å²) in [4.78, 5) is 29.4. The number of likely N-dealkylation sites (tertiary alicyclic amines) is 1. The average Bonchev–Trinajstić information content (AvgIpc) is 3.32. The van der Waals surface area contributed by atoms with Gasteiger partial charge in [0.2, 0.25) is 5.91 Å². The van der Waals surface area contributed by atoms with Crippen molar-refractivity contribution in [2.24, 2.45) is 0 Å². The van der Waals surface area contributed by atoms with Crippen molar-refractivity contribution in [3.63, 3.8) is 0 Å². The van der Waals surface area contributed by atoms with E-state index in [1.807, 2.05) is 24.1 Å². The fourth-order valence-corrected chi connectivity index (χ4v) is 4.89. The largest absolute Gasteiger partial charge is 0.457 e. The summed E-state index contributed by atoms with van der Waals surface area (Å²) in [5, 5.41) is 0. The van der Waals surface area contributed by atoms with Crippen LogP contribution in [-0.4, -0.2) is 53.9 Å². The number of ether oxygens (including phenoxy) is 1. The third-order valence-electron chi connectivity index (χ3n) is 6.38. The van der Waals surface area contributed by atoms with E-state index in [9.17, 15) is 9.59 Å². The Morgan fingerprint density at radius 2 is 1.96 bits per heavy atom. The number of cyclic esters (lactones) is 1. The molecule has 26 heavy (non-hydrogen) atoms. The molecule has 0 bridgehead atoms. The van der Waals surface area contributed by atoms with Crippen LogP contribution in [0.2, 0.25) is 0 Å². The van der Waals surface area contributed by atoms with Gasteiger partial charge in [0.1, 0.15) is 6.61 Å². The first-order chi connectivity index (χ1) is 12.6. The Kier molecular flexibility index (Phi) is 4.98. The molecule has 2 aliphatic heterocycles. The van der Waals surface area contributed by atoms with Gasteiger partial charge in [0.25, 0.3) is 0 Å². The maximum absolute atomic E-state index is 13.0. The summed E-state index contributed by atoms with van der Waals surface area (Å²) in [6.07, 6.45) is 7.68. The predicted octanol–water partition coefficient (Wildman–Crippen LogP) is 2.76. The summed E-state index contributed by atoms with van der Waals surface area (Å²) in [5.74, 6) is -0.127. The lowest BCUT2D eigenvalue weighted by Gasteiger charge is -2.42. The van der Waals surface area contributed by atoms with E-state index in [0.717, 1.165) is 17.5 Å². The summed E-state index contributed by atoms with van der Waals surface area (Å²) in [5.41, 5.74) is 2.43. The Labute approximate surface area is 155 Å².